The Kier molecular flexibility index (Phi) is 12.0. The SMILES string of the molecule is CC(C)C(NC(=O)C(N)Cc1ccc(O)cc1)C(=O)NC(CCC(=O)O)C(=O)NC(CS)C(=O)O. The third kappa shape index (κ3) is 10.2. The van der Waals surface area contributed by atoms with Gasteiger partial charge in [-0.2, -0.15) is 12.6 Å². The van der Waals surface area contributed by atoms with Gasteiger partial charge in [0.15, 0.2) is 0 Å². The van der Waals surface area contributed by atoms with Gasteiger partial charge in [0.2, 0.25) is 17.7 Å². The number of amides is 3. The van der Waals surface area contributed by atoms with E-state index < -0.39 is 66.2 Å². The maximum absolute atomic E-state index is 12.9. The molecule has 12 nitrogen and oxygen atoms in total. The van der Waals surface area contributed by atoms with E-state index in [9.17, 15) is 29.1 Å². The van der Waals surface area contributed by atoms with Crippen LogP contribution in [0.15, 0.2) is 24.3 Å². The van der Waals surface area contributed by atoms with Crippen molar-refractivity contribution in [1.82, 2.24) is 16.0 Å². The molecule has 0 aliphatic carbocycles. The number of nitrogens with two attached hydrogens (primary N) is 1. The van der Waals surface area contributed by atoms with Gasteiger partial charge < -0.3 is 37.0 Å². The molecule has 0 radical (unpaired) electrons. The van der Waals surface area contributed by atoms with Crippen LogP contribution in [-0.4, -0.2) is 74.9 Å². The smallest absolute Gasteiger partial charge is 0.327 e. The molecular weight excluding hydrogens is 480 g/mol. The number of benzene rings is 1. The number of hydrogen-bond donors (Lipinski definition) is 8. The fourth-order valence-corrected chi connectivity index (χ4v) is 3.28. The van der Waals surface area contributed by atoms with Crippen molar-refractivity contribution in [1.29, 1.82) is 0 Å². The predicted molar refractivity (Wildman–Crippen MR) is 129 cm³/mol. The molecule has 3 amide bonds. The highest BCUT2D eigenvalue weighted by molar-refractivity contribution is 7.80. The molecule has 8 N–H and O–H groups in total. The van der Waals surface area contributed by atoms with Crippen LogP contribution >= 0.6 is 12.6 Å². The molecule has 4 unspecified atom stereocenters. The molecule has 0 aromatic heterocycles. The van der Waals surface area contributed by atoms with Crippen LogP contribution in [0.4, 0.5) is 0 Å². The summed E-state index contributed by atoms with van der Waals surface area (Å²) < 4.78 is 0. The van der Waals surface area contributed by atoms with Crippen molar-refractivity contribution >= 4 is 42.3 Å². The Morgan fingerprint density at radius 3 is 1.97 bits per heavy atom. The van der Waals surface area contributed by atoms with Crippen LogP contribution in [0.25, 0.3) is 0 Å². The van der Waals surface area contributed by atoms with Crippen molar-refractivity contribution in [3.8, 4) is 5.75 Å². The van der Waals surface area contributed by atoms with Crippen LogP contribution < -0.4 is 21.7 Å². The van der Waals surface area contributed by atoms with Crippen molar-refractivity contribution in [2.75, 3.05) is 5.75 Å². The largest absolute Gasteiger partial charge is 0.508 e. The molecule has 0 fully saturated rings. The molecule has 0 bridgehead atoms. The average Bonchev–Trinajstić information content (AvgIpc) is 2.78. The highest BCUT2D eigenvalue weighted by atomic mass is 32.1. The number of carbonyl (C=O) groups excluding carboxylic acids is 3. The third-order valence-electron chi connectivity index (χ3n) is 5.05. The average molecular weight is 513 g/mol. The summed E-state index contributed by atoms with van der Waals surface area (Å²) in [5, 5.41) is 34.6. The van der Waals surface area contributed by atoms with Crippen LogP contribution in [0.2, 0.25) is 0 Å². The minimum Gasteiger partial charge on any atom is -0.508 e. The Bertz CT molecular complexity index is 909. The van der Waals surface area contributed by atoms with Gasteiger partial charge in [-0.25, -0.2) is 4.79 Å². The Morgan fingerprint density at radius 2 is 1.49 bits per heavy atom. The Morgan fingerprint density at radius 1 is 0.914 bits per heavy atom. The zero-order valence-electron chi connectivity index (χ0n) is 19.4. The van der Waals surface area contributed by atoms with Gasteiger partial charge in [-0.15, -0.1) is 0 Å². The molecule has 1 aromatic rings. The lowest BCUT2D eigenvalue weighted by Gasteiger charge is -2.26. The van der Waals surface area contributed by atoms with Gasteiger partial charge >= 0.3 is 11.9 Å². The van der Waals surface area contributed by atoms with E-state index >= 15 is 0 Å². The Labute approximate surface area is 208 Å². The first-order chi connectivity index (χ1) is 16.3. The number of thiol groups is 1. The van der Waals surface area contributed by atoms with Gasteiger partial charge in [0.25, 0.3) is 0 Å². The van der Waals surface area contributed by atoms with E-state index in [4.69, 9.17) is 15.9 Å². The fourth-order valence-electron chi connectivity index (χ4n) is 3.03. The highest BCUT2D eigenvalue weighted by Crippen LogP contribution is 2.12. The number of carbonyl (C=O) groups is 5. The summed E-state index contributed by atoms with van der Waals surface area (Å²) in [6.07, 6.45) is -0.624. The van der Waals surface area contributed by atoms with Gasteiger partial charge in [-0.05, 0) is 36.5 Å². The number of hydrogen-bond acceptors (Lipinski definition) is 8. The molecule has 0 aliphatic heterocycles. The van der Waals surface area contributed by atoms with Crippen LogP contribution in [-0.2, 0) is 30.4 Å². The van der Waals surface area contributed by atoms with E-state index in [-0.39, 0.29) is 24.3 Å². The minimum atomic E-state index is -1.36. The molecule has 0 spiro atoms. The number of nitrogens with one attached hydrogen (secondary N) is 3. The maximum atomic E-state index is 12.9. The standard InChI is InChI=1S/C22H32N4O8S/c1-11(2)18(26-19(30)14(23)9-12-3-5-13(27)6-4-12)21(32)24-15(7-8-17(28)29)20(31)25-16(10-35)22(33)34/h3-6,11,14-16,18,27,35H,7-10,23H2,1-2H3,(H,24,32)(H,25,31)(H,26,30)(H,28,29)(H,33,34). The third-order valence-corrected chi connectivity index (χ3v) is 5.42. The monoisotopic (exact) mass is 512 g/mol. The van der Waals surface area contributed by atoms with Crippen molar-refractivity contribution in [3.05, 3.63) is 29.8 Å². The summed E-state index contributed by atoms with van der Waals surface area (Å²) in [7, 11) is 0. The summed E-state index contributed by atoms with van der Waals surface area (Å²) >= 11 is 3.86. The molecule has 1 aromatic carbocycles. The zero-order valence-corrected chi connectivity index (χ0v) is 20.3. The molecule has 0 heterocycles. The Hall–Kier alpha value is -3.32. The predicted octanol–water partition coefficient (Wildman–Crippen LogP) is -0.748. The van der Waals surface area contributed by atoms with Crippen molar-refractivity contribution in [2.24, 2.45) is 11.7 Å². The van der Waals surface area contributed by atoms with Gasteiger partial charge in [0, 0.05) is 12.2 Å². The summed E-state index contributed by atoms with van der Waals surface area (Å²) in [5.74, 6) is -5.40. The Balaban J connectivity index is 2.92. The normalized spacial score (nSPS) is 14.3. The van der Waals surface area contributed by atoms with Crippen molar-refractivity contribution in [3.63, 3.8) is 0 Å². The van der Waals surface area contributed by atoms with Crippen molar-refractivity contribution in [2.45, 2.75) is 57.3 Å². The number of carboxylic acid groups (broad SMARTS) is 2. The van der Waals surface area contributed by atoms with Crippen LogP contribution in [0.5, 0.6) is 5.75 Å². The molecule has 1 rings (SSSR count). The number of phenolic OH excluding ortho intramolecular Hbond substituents is 1. The second-order valence-corrected chi connectivity index (χ2v) is 8.65. The lowest BCUT2D eigenvalue weighted by atomic mass is 10.0. The van der Waals surface area contributed by atoms with Crippen LogP contribution in [0.1, 0.15) is 32.3 Å². The molecule has 0 saturated carbocycles. The number of aliphatic carboxylic acids is 2. The van der Waals surface area contributed by atoms with E-state index in [0.29, 0.717) is 5.56 Å². The number of carboxylic acids is 2. The quantitative estimate of drug-likeness (QED) is 0.147. The van der Waals surface area contributed by atoms with Crippen LogP contribution in [0.3, 0.4) is 0 Å². The van der Waals surface area contributed by atoms with Gasteiger partial charge in [0.1, 0.15) is 23.9 Å². The maximum Gasteiger partial charge on any atom is 0.327 e. The summed E-state index contributed by atoms with van der Waals surface area (Å²) in [6, 6.07) is 1.31. The van der Waals surface area contributed by atoms with E-state index in [0.717, 1.165) is 0 Å². The molecular formula is C22H32N4O8S. The summed E-state index contributed by atoms with van der Waals surface area (Å²) in [6.45, 7) is 3.31. The molecule has 4 atom stereocenters. The van der Waals surface area contributed by atoms with E-state index in [2.05, 4.69) is 28.6 Å². The molecule has 0 aliphatic rings. The first kappa shape index (κ1) is 29.7. The van der Waals surface area contributed by atoms with Crippen molar-refractivity contribution < 1.29 is 39.3 Å². The molecule has 194 valence electrons. The van der Waals surface area contributed by atoms with Crippen LogP contribution in [0, 0.1) is 5.92 Å². The number of rotatable bonds is 14. The number of aromatic hydroxyl groups is 1. The van der Waals surface area contributed by atoms with Gasteiger partial charge in [-0.3, -0.25) is 19.2 Å². The highest BCUT2D eigenvalue weighted by Gasteiger charge is 2.31. The minimum absolute atomic E-state index is 0.0637. The number of phenols is 1. The van der Waals surface area contributed by atoms with Gasteiger partial charge in [-0.1, -0.05) is 26.0 Å². The second kappa shape index (κ2) is 14.2. The van der Waals surface area contributed by atoms with E-state index in [1.807, 2.05) is 0 Å². The van der Waals surface area contributed by atoms with Gasteiger partial charge in [0.05, 0.1) is 6.04 Å². The lowest BCUT2D eigenvalue weighted by Crippen LogP contribution is -2.58. The lowest BCUT2D eigenvalue weighted by molar-refractivity contribution is -0.142. The summed E-state index contributed by atoms with van der Waals surface area (Å²) in [5.41, 5.74) is 6.66. The van der Waals surface area contributed by atoms with E-state index in [1.54, 1.807) is 26.0 Å². The molecule has 0 saturated heterocycles. The first-order valence-electron chi connectivity index (χ1n) is 10.9. The first-order valence-corrected chi connectivity index (χ1v) is 11.5. The topological polar surface area (TPSA) is 208 Å². The van der Waals surface area contributed by atoms with E-state index in [1.165, 1.54) is 12.1 Å². The molecule has 13 heteroatoms. The fraction of sp³-hybridized carbons (Fsp3) is 0.500. The molecule has 35 heavy (non-hydrogen) atoms. The summed E-state index contributed by atoms with van der Waals surface area (Å²) in [4.78, 5) is 60.3. The second-order valence-electron chi connectivity index (χ2n) is 8.28. The zero-order chi connectivity index (χ0) is 26.7.